The summed E-state index contributed by atoms with van der Waals surface area (Å²) in [5.41, 5.74) is 0.527. The summed E-state index contributed by atoms with van der Waals surface area (Å²) in [5, 5.41) is 9.37. The van der Waals surface area contributed by atoms with Gasteiger partial charge in [-0.25, -0.2) is 13.2 Å². The minimum atomic E-state index is -3.83. The molecule has 23 heavy (non-hydrogen) atoms. The number of nitrogens with zero attached hydrogens (tertiary/aromatic N) is 1. The molecule has 0 unspecified atom stereocenters. The van der Waals surface area contributed by atoms with Gasteiger partial charge >= 0.3 is 5.97 Å². The van der Waals surface area contributed by atoms with Gasteiger partial charge in [0, 0.05) is 0 Å². The van der Waals surface area contributed by atoms with Crippen molar-refractivity contribution in [3.05, 3.63) is 46.3 Å². The summed E-state index contributed by atoms with van der Waals surface area (Å²) in [6, 6.07) is 9.73. The number of rotatable bonds is 5. The molecular weight excluding hydrogens is 336 g/mol. The van der Waals surface area contributed by atoms with E-state index in [1.54, 1.807) is 32.0 Å². The molecule has 0 saturated heterocycles. The molecule has 2 aromatic rings. The Hall–Kier alpha value is -2.37. The van der Waals surface area contributed by atoms with E-state index < -0.39 is 16.0 Å². The minimum absolute atomic E-state index is 0.0765. The smallest absolute Gasteiger partial charge is 0.348 e. The number of hydrogen-bond donors (Lipinski definition) is 1. The van der Waals surface area contributed by atoms with Crippen LogP contribution in [0.5, 0.6) is 0 Å². The number of carbonyl (C=O) groups is 1. The van der Waals surface area contributed by atoms with Gasteiger partial charge in [0.1, 0.15) is 15.9 Å². The molecule has 0 bridgehead atoms. The molecule has 1 aromatic heterocycles. The highest BCUT2D eigenvalue weighted by Gasteiger charge is 2.24. The second kappa shape index (κ2) is 6.81. The Bertz CT molecular complexity index is 865. The van der Waals surface area contributed by atoms with Gasteiger partial charge in [0.15, 0.2) is 0 Å². The number of thiophene rings is 1. The average Bonchev–Trinajstić information content (AvgIpc) is 2.83. The third-order valence-corrected chi connectivity index (χ3v) is 5.68. The van der Waals surface area contributed by atoms with E-state index in [4.69, 9.17) is 4.74 Å². The van der Waals surface area contributed by atoms with Gasteiger partial charge in [-0.15, -0.1) is 11.3 Å². The molecule has 0 aliphatic rings. The number of hydrogen-bond acceptors (Lipinski definition) is 6. The molecule has 1 N–H and O–H groups in total. The highest BCUT2D eigenvalue weighted by molar-refractivity contribution is 7.93. The second-order valence-electron chi connectivity index (χ2n) is 4.51. The first-order valence-electron chi connectivity index (χ1n) is 6.69. The summed E-state index contributed by atoms with van der Waals surface area (Å²) in [7, 11) is -3.83. The Balaban J connectivity index is 2.43. The van der Waals surface area contributed by atoms with Crippen LogP contribution in [0.15, 0.2) is 35.2 Å². The summed E-state index contributed by atoms with van der Waals surface area (Å²) in [4.78, 5) is 12.2. The molecule has 0 spiro atoms. The number of nitriles is 1. The van der Waals surface area contributed by atoms with Crippen molar-refractivity contribution in [3.63, 3.8) is 0 Å². The number of esters is 1. The van der Waals surface area contributed by atoms with E-state index in [0.717, 1.165) is 11.3 Å². The van der Waals surface area contributed by atoms with Crippen LogP contribution in [-0.2, 0) is 14.8 Å². The molecule has 2 rings (SSSR count). The molecule has 0 saturated carbocycles. The minimum Gasteiger partial charge on any atom is -0.462 e. The van der Waals surface area contributed by atoms with Crippen molar-refractivity contribution in [2.45, 2.75) is 18.7 Å². The first-order valence-corrected chi connectivity index (χ1v) is 8.99. The van der Waals surface area contributed by atoms with Crippen molar-refractivity contribution in [1.29, 1.82) is 5.26 Å². The zero-order valence-electron chi connectivity index (χ0n) is 12.5. The van der Waals surface area contributed by atoms with Crippen LogP contribution in [-0.4, -0.2) is 21.0 Å². The van der Waals surface area contributed by atoms with Crippen molar-refractivity contribution in [3.8, 4) is 6.07 Å². The number of nitrogens with one attached hydrogen (secondary N) is 1. The highest BCUT2D eigenvalue weighted by Crippen LogP contribution is 2.34. The maximum atomic E-state index is 12.4. The van der Waals surface area contributed by atoms with E-state index >= 15 is 0 Å². The lowest BCUT2D eigenvalue weighted by Crippen LogP contribution is -2.12. The largest absolute Gasteiger partial charge is 0.462 e. The predicted octanol–water partition coefficient (Wildman–Crippen LogP) is 2.91. The standard InChI is InChI=1S/C15H14N2O4S2/c1-3-21-15(18)13-10(2)12(9-16)14(22-13)17-23(19,20)11-7-5-4-6-8-11/h4-8,17H,3H2,1-2H3. The van der Waals surface area contributed by atoms with Gasteiger partial charge in [-0.2, -0.15) is 5.26 Å². The third-order valence-electron chi connectivity index (χ3n) is 3.00. The van der Waals surface area contributed by atoms with Crippen LogP contribution in [0.1, 0.15) is 27.7 Å². The molecular formula is C15H14N2O4S2. The monoisotopic (exact) mass is 350 g/mol. The van der Waals surface area contributed by atoms with Gasteiger partial charge in [0.25, 0.3) is 10.0 Å². The Morgan fingerprint density at radius 1 is 1.35 bits per heavy atom. The van der Waals surface area contributed by atoms with E-state index in [0.29, 0.717) is 5.56 Å². The fourth-order valence-electron chi connectivity index (χ4n) is 1.89. The molecule has 0 amide bonds. The molecule has 120 valence electrons. The van der Waals surface area contributed by atoms with Gasteiger partial charge in [-0.05, 0) is 31.5 Å². The van der Waals surface area contributed by atoms with E-state index in [-0.39, 0.29) is 26.9 Å². The van der Waals surface area contributed by atoms with E-state index in [1.807, 2.05) is 6.07 Å². The van der Waals surface area contributed by atoms with Crippen LogP contribution in [0.3, 0.4) is 0 Å². The fourth-order valence-corrected chi connectivity index (χ4v) is 4.27. The first kappa shape index (κ1) is 17.0. The first-order chi connectivity index (χ1) is 10.9. The molecule has 0 atom stereocenters. The fraction of sp³-hybridized carbons (Fsp3) is 0.200. The Labute approximate surface area is 138 Å². The lowest BCUT2D eigenvalue weighted by Gasteiger charge is -2.06. The van der Waals surface area contributed by atoms with E-state index in [1.165, 1.54) is 12.1 Å². The van der Waals surface area contributed by atoms with Crippen molar-refractivity contribution in [2.75, 3.05) is 11.3 Å². The van der Waals surface area contributed by atoms with Gasteiger partial charge in [-0.3, -0.25) is 4.72 Å². The highest BCUT2D eigenvalue weighted by atomic mass is 32.2. The number of benzene rings is 1. The molecule has 8 heteroatoms. The Morgan fingerprint density at radius 2 is 2.00 bits per heavy atom. The number of carbonyl (C=O) groups excluding carboxylic acids is 1. The van der Waals surface area contributed by atoms with Crippen molar-refractivity contribution < 1.29 is 17.9 Å². The van der Waals surface area contributed by atoms with Crippen LogP contribution < -0.4 is 4.72 Å². The van der Waals surface area contributed by atoms with Gasteiger partial charge in [0.2, 0.25) is 0 Å². The Kier molecular flexibility index (Phi) is 5.03. The lowest BCUT2D eigenvalue weighted by atomic mass is 10.2. The molecule has 1 aromatic carbocycles. The Morgan fingerprint density at radius 3 is 2.57 bits per heavy atom. The quantitative estimate of drug-likeness (QED) is 0.836. The van der Waals surface area contributed by atoms with Crippen LogP contribution in [0.4, 0.5) is 5.00 Å². The maximum Gasteiger partial charge on any atom is 0.348 e. The van der Waals surface area contributed by atoms with Crippen LogP contribution in [0.25, 0.3) is 0 Å². The molecule has 0 fully saturated rings. The summed E-state index contributed by atoms with van der Waals surface area (Å²) in [6.07, 6.45) is 0. The average molecular weight is 350 g/mol. The second-order valence-corrected chi connectivity index (χ2v) is 7.21. The van der Waals surface area contributed by atoms with Crippen molar-refractivity contribution in [1.82, 2.24) is 0 Å². The number of ether oxygens (including phenoxy) is 1. The van der Waals surface area contributed by atoms with Crippen molar-refractivity contribution >= 4 is 32.3 Å². The summed E-state index contributed by atoms with van der Waals surface area (Å²) < 4.78 is 32.0. The SMILES string of the molecule is CCOC(=O)c1sc(NS(=O)(=O)c2ccccc2)c(C#N)c1C. The van der Waals surface area contributed by atoms with Crippen LogP contribution in [0.2, 0.25) is 0 Å². The molecule has 1 heterocycles. The number of anilines is 1. The topological polar surface area (TPSA) is 96.3 Å². The number of sulfonamides is 1. The van der Waals surface area contributed by atoms with Gasteiger partial charge in [0.05, 0.1) is 17.1 Å². The summed E-state index contributed by atoms with van der Waals surface area (Å²) >= 11 is 0.893. The predicted molar refractivity (Wildman–Crippen MR) is 87.0 cm³/mol. The van der Waals surface area contributed by atoms with Gasteiger partial charge < -0.3 is 4.74 Å². The lowest BCUT2D eigenvalue weighted by molar-refractivity contribution is 0.0531. The van der Waals surface area contributed by atoms with Crippen LogP contribution in [0, 0.1) is 18.3 Å². The molecule has 0 aliphatic heterocycles. The molecule has 0 aliphatic carbocycles. The van der Waals surface area contributed by atoms with Crippen LogP contribution >= 0.6 is 11.3 Å². The van der Waals surface area contributed by atoms with Crippen molar-refractivity contribution in [2.24, 2.45) is 0 Å². The molecule has 0 radical (unpaired) electrons. The van der Waals surface area contributed by atoms with E-state index in [2.05, 4.69) is 4.72 Å². The zero-order valence-corrected chi connectivity index (χ0v) is 14.1. The maximum absolute atomic E-state index is 12.4. The van der Waals surface area contributed by atoms with E-state index in [9.17, 15) is 18.5 Å². The summed E-state index contributed by atoms with van der Waals surface area (Å²) in [5.74, 6) is -0.573. The third kappa shape index (κ3) is 3.52. The summed E-state index contributed by atoms with van der Waals surface area (Å²) in [6.45, 7) is 3.45. The zero-order chi connectivity index (χ0) is 17.0. The molecule has 6 nitrogen and oxygen atoms in total. The normalized spacial score (nSPS) is 10.8. The van der Waals surface area contributed by atoms with Gasteiger partial charge in [-0.1, -0.05) is 18.2 Å².